The molecule has 1 aromatic carbocycles. The van der Waals surface area contributed by atoms with Gasteiger partial charge in [-0.1, -0.05) is 30.4 Å². The van der Waals surface area contributed by atoms with Crippen LogP contribution in [0.25, 0.3) is 17.0 Å². The van der Waals surface area contributed by atoms with E-state index in [0.29, 0.717) is 44.0 Å². The van der Waals surface area contributed by atoms with E-state index < -0.39 is 12.6 Å². The Kier molecular flexibility index (Phi) is 6.48. The van der Waals surface area contributed by atoms with Gasteiger partial charge in [0.15, 0.2) is 5.82 Å². The van der Waals surface area contributed by atoms with Crippen LogP contribution in [0.15, 0.2) is 48.9 Å². The number of amides is 1. The number of pyridine rings is 1. The van der Waals surface area contributed by atoms with E-state index in [9.17, 15) is 13.6 Å². The molecule has 1 unspecified atom stereocenters. The molecule has 0 bridgehead atoms. The molecular formula is C31H33F2N7O. The third-order valence-corrected chi connectivity index (χ3v) is 8.41. The smallest absolute Gasteiger partial charge is 0.255 e. The van der Waals surface area contributed by atoms with Crippen molar-refractivity contribution in [3.05, 3.63) is 77.4 Å². The number of hydrogen-bond donors (Lipinski definition) is 1. The monoisotopic (exact) mass is 557 g/mol. The molecule has 10 heteroatoms. The lowest BCUT2D eigenvalue weighted by Crippen LogP contribution is -2.38. The minimum Gasteiger partial charge on any atom is -0.357 e. The van der Waals surface area contributed by atoms with Crippen LogP contribution in [-0.4, -0.2) is 56.7 Å². The molecule has 3 aliphatic rings. The first-order valence-corrected chi connectivity index (χ1v) is 14.3. The van der Waals surface area contributed by atoms with Crippen molar-refractivity contribution in [3.63, 3.8) is 0 Å². The van der Waals surface area contributed by atoms with Crippen molar-refractivity contribution in [2.75, 3.05) is 37.0 Å². The van der Waals surface area contributed by atoms with Crippen LogP contribution in [0.2, 0.25) is 0 Å². The first kappa shape index (κ1) is 25.7. The molecule has 1 saturated carbocycles. The SMILES string of the molecule is CN1c2nc3c(cc2NC1c1cc2cccc(/C=C/Cn4cnc(F)c4)c2n1CC1CC1)C(=O)N(CCCF)CC3. The number of benzene rings is 1. The Hall–Kier alpha value is -4.21. The molecule has 5 heterocycles. The van der Waals surface area contributed by atoms with Gasteiger partial charge in [-0.2, -0.15) is 4.39 Å². The molecule has 3 aromatic heterocycles. The zero-order valence-corrected chi connectivity index (χ0v) is 23.1. The van der Waals surface area contributed by atoms with Crippen LogP contribution in [0.3, 0.4) is 0 Å². The summed E-state index contributed by atoms with van der Waals surface area (Å²) >= 11 is 0. The first-order chi connectivity index (χ1) is 20.0. The third kappa shape index (κ3) is 4.75. The molecule has 0 saturated heterocycles. The molecule has 7 rings (SSSR count). The van der Waals surface area contributed by atoms with E-state index in [4.69, 9.17) is 4.98 Å². The van der Waals surface area contributed by atoms with Crippen molar-refractivity contribution in [2.45, 2.75) is 44.9 Å². The van der Waals surface area contributed by atoms with Crippen molar-refractivity contribution in [3.8, 4) is 0 Å². The second-order valence-corrected chi connectivity index (χ2v) is 11.3. The third-order valence-electron chi connectivity index (χ3n) is 8.41. The maximum Gasteiger partial charge on any atom is 0.255 e. The number of aromatic nitrogens is 4. The van der Waals surface area contributed by atoms with E-state index in [1.165, 1.54) is 30.9 Å². The van der Waals surface area contributed by atoms with E-state index in [1.807, 2.05) is 19.2 Å². The number of fused-ring (bicyclic) bond motifs is 3. The fraction of sp³-hybridized carbons (Fsp3) is 0.387. The highest BCUT2D eigenvalue weighted by molar-refractivity contribution is 5.98. The maximum absolute atomic E-state index is 13.3. The molecule has 2 aliphatic heterocycles. The van der Waals surface area contributed by atoms with Gasteiger partial charge in [0.2, 0.25) is 5.95 Å². The molecule has 41 heavy (non-hydrogen) atoms. The Labute approximate surface area is 237 Å². The van der Waals surface area contributed by atoms with Crippen LogP contribution in [0.4, 0.5) is 20.3 Å². The molecule has 4 aromatic rings. The molecule has 1 fully saturated rings. The van der Waals surface area contributed by atoms with Gasteiger partial charge in [-0.15, -0.1) is 0 Å². The summed E-state index contributed by atoms with van der Waals surface area (Å²) in [4.78, 5) is 25.7. The van der Waals surface area contributed by atoms with E-state index >= 15 is 0 Å². The van der Waals surface area contributed by atoms with E-state index in [-0.39, 0.29) is 12.1 Å². The molecule has 212 valence electrons. The number of hydrogen-bond acceptors (Lipinski definition) is 5. The lowest BCUT2D eigenvalue weighted by molar-refractivity contribution is 0.0733. The zero-order chi connectivity index (χ0) is 28.1. The molecule has 1 atom stereocenters. The van der Waals surface area contributed by atoms with Crippen LogP contribution in [-0.2, 0) is 19.5 Å². The summed E-state index contributed by atoms with van der Waals surface area (Å²) in [7, 11) is 2.05. The van der Waals surface area contributed by atoms with Crippen LogP contribution in [0.5, 0.6) is 0 Å². The number of alkyl halides is 1. The predicted molar refractivity (Wildman–Crippen MR) is 155 cm³/mol. The number of nitrogens with one attached hydrogen (secondary N) is 1. The summed E-state index contributed by atoms with van der Waals surface area (Å²) in [5.74, 6) is 0.949. The van der Waals surface area contributed by atoms with Gasteiger partial charge in [0, 0.05) is 45.0 Å². The maximum atomic E-state index is 13.3. The zero-order valence-electron chi connectivity index (χ0n) is 23.1. The number of carbonyl (C=O) groups excluding carboxylic acids is 1. The summed E-state index contributed by atoms with van der Waals surface area (Å²) in [6.45, 7) is 2.04. The van der Waals surface area contributed by atoms with Gasteiger partial charge in [-0.25, -0.2) is 9.97 Å². The standard InChI is InChI=1S/C31H33F2N7O/c1-37-29-25(16-23-24(35-29)10-14-39(31(23)41)13-4-11-32)36-30(37)26-15-22-6-2-5-21(28(22)40(26)17-20-8-9-20)7-3-12-38-18-27(33)34-19-38/h2-3,5-7,15-16,18-20,30,36H,4,8-14,17H2,1H3/b7-3+. The van der Waals surface area contributed by atoms with Gasteiger partial charge in [0.1, 0.15) is 6.17 Å². The fourth-order valence-corrected chi connectivity index (χ4v) is 6.13. The largest absolute Gasteiger partial charge is 0.357 e. The highest BCUT2D eigenvalue weighted by Gasteiger charge is 2.36. The number of carbonyl (C=O) groups is 1. The highest BCUT2D eigenvalue weighted by Crippen LogP contribution is 2.43. The number of nitrogens with zero attached hydrogens (tertiary/aromatic N) is 6. The van der Waals surface area contributed by atoms with Gasteiger partial charge in [0.05, 0.1) is 47.4 Å². The van der Waals surface area contributed by atoms with Crippen molar-refractivity contribution in [1.29, 1.82) is 0 Å². The second-order valence-electron chi connectivity index (χ2n) is 11.3. The van der Waals surface area contributed by atoms with Crippen molar-refractivity contribution < 1.29 is 13.6 Å². The average Bonchev–Trinajstić information content (AvgIpc) is 3.45. The van der Waals surface area contributed by atoms with Gasteiger partial charge in [-0.3, -0.25) is 9.18 Å². The summed E-state index contributed by atoms with van der Waals surface area (Å²) in [5.41, 5.74) is 5.70. The Bertz CT molecular complexity index is 1650. The Balaban J connectivity index is 1.22. The summed E-state index contributed by atoms with van der Waals surface area (Å²) in [6, 6.07) is 10.5. The lowest BCUT2D eigenvalue weighted by atomic mass is 10.0. The molecule has 1 amide bonds. The van der Waals surface area contributed by atoms with Gasteiger partial charge in [0.25, 0.3) is 5.91 Å². The summed E-state index contributed by atoms with van der Waals surface area (Å²) in [5, 5.41) is 4.82. The van der Waals surface area contributed by atoms with Gasteiger partial charge in [-0.05, 0) is 42.9 Å². The van der Waals surface area contributed by atoms with Gasteiger partial charge < -0.3 is 24.3 Å². The normalized spacial score (nSPS) is 18.4. The number of anilines is 2. The second kappa shape index (κ2) is 10.3. The van der Waals surface area contributed by atoms with Crippen molar-refractivity contribution in [1.82, 2.24) is 24.0 Å². The topological polar surface area (TPSA) is 71.2 Å². The first-order valence-electron chi connectivity index (χ1n) is 14.3. The average molecular weight is 558 g/mol. The van der Waals surface area contributed by atoms with E-state index in [2.05, 4.69) is 50.1 Å². The minimum absolute atomic E-state index is 0.0689. The molecule has 1 N–H and O–H groups in total. The van der Waals surface area contributed by atoms with Crippen LogP contribution in [0, 0.1) is 11.9 Å². The van der Waals surface area contributed by atoms with Crippen molar-refractivity contribution in [2.24, 2.45) is 5.92 Å². The number of rotatable bonds is 9. The van der Waals surface area contributed by atoms with Crippen LogP contribution < -0.4 is 10.2 Å². The molecule has 0 spiro atoms. The Morgan fingerprint density at radius 1 is 1.22 bits per heavy atom. The minimum atomic E-state index is -0.480. The number of halogens is 2. The van der Waals surface area contributed by atoms with Crippen molar-refractivity contribution >= 4 is 34.4 Å². The number of allylic oxidation sites excluding steroid dienone is 1. The molecule has 1 aliphatic carbocycles. The Morgan fingerprint density at radius 3 is 2.88 bits per heavy atom. The fourth-order valence-electron chi connectivity index (χ4n) is 6.13. The van der Waals surface area contributed by atoms with Crippen LogP contribution >= 0.6 is 0 Å². The van der Waals surface area contributed by atoms with Gasteiger partial charge >= 0.3 is 0 Å². The van der Waals surface area contributed by atoms with E-state index in [1.54, 1.807) is 9.47 Å². The summed E-state index contributed by atoms with van der Waals surface area (Å²) in [6.07, 6.45) is 10.4. The molecule has 0 radical (unpaired) electrons. The molecule has 8 nitrogen and oxygen atoms in total. The van der Waals surface area contributed by atoms with E-state index in [0.717, 1.165) is 40.4 Å². The predicted octanol–water partition coefficient (Wildman–Crippen LogP) is 5.41. The number of para-hydroxylation sites is 1. The quantitative estimate of drug-likeness (QED) is 0.298. The Morgan fingerprint density at radius 2 is 2.10 bits per heavy atom. The van der Waals surface area contributed by atoms with Crippen LogP contribution in [0.1, 0.15) is 52.7 Å². The lowest BCUT2D eigenvalue weighted by Gasteiger charge is -2.28. The summed E-state index contributed by atoms with van der Waals surface area (Å²) < 4.78 is 30.2. The molecular weight excluding hydrogens is 524 g/mol. The highest BCUT2D eigenvalue weighted by atomic mass is 19.1. The number of imidazole rings is 1.